The summed E-state index contributed by atoms with van der Waals surface area (Å²) in [6.45, 7) is 2.02. The Kier molecular flexibility index (Phi) is 3.50. The Labute approximate surface area is 124 Å². The summed E-state index contributed by atoms with van der Waals surface area (Å²) in [4.78, 5) is 12.1. The first-order valence-corrected chi connectivity index (χ1v) is 7.26. The van der Waals surface area contributed by atoms with Crippen LogP contribution in [-0.2, 0) is 10.2 Å². The van der Waals surface area contributed by atoms with E-state index in [-0.39, 0.29) is 17.8 Å². The van der Waals surface area contributed by atoms with E-state index in [4.69, 9.17) is 0 Å². The van der Waals surface area contributed by atoms with Crippen LogP contribution in [0.2, 0.25) is 0 Å². The summed E-state index contributed by atoms with van der Waals surface area (Å²) in [7, 11) is 0. The molecule has 2 nitrogen and oxygen atoms in total. The molecule has 3 rings (SSSR count). The van der Waals surface area contributed by atoms with Crippen molar-refractivity contribution >= 4 is 5.91 Å². The molecule has 1 saturated heterocycles. The Balaban J connectivity index is 2.15. The summed E-state index contributed by atoms with van der Waals surface area (Å²) in [5, 5.41) is 3.03. The van der Waals surface area contributed by atoms with Crippen LogP contribution in [0.4, 0.5) is 4.39 Å². The summed E-state index contributed by atoms with van der Waals surface area (Å²) in [6, 6.07) is 16.4. The molecule has 21 heavy (non-hydrogen) atoms. The van der Waals surface area contributed by atoms with Crippen molar-refractivity contribution in [2.45, 2.75) is 31.2 Å². The fourth-order valence-electron chi connectivity index (χ4n) is 3.42. The molecular weight excluding hydrogens is 265 g/mol. The second kappa shape index (κ2) is 5.32. The zero-order chi connectivity index (χ0) is 14.9. The fraction of sp³-hybridized carbons (Fsp3) is 0.278. The normalized spacial score (nSPS) is 24.9. The molecule has 2 atom stereocenters. The van der Waals surface area contributed by atoms with Crippen LogP contribution in [0.25, 0.3) is 0 Å². The highest BCUT2D eigenvalue weighted by atomic mass is 19.1. The van der Waals surface area contributed by atoms with Gasteiger partial charge in [0.25, 0.3) is 0 Å². The van der Waals surface area contributed by atoms with Crippen molar-refractivity contribution in [3.8, 4) is 0 Å². The van der Waals surface area contributed by atoms with Crippen LogP contribution in [0.15, 0.2) is 54.6 Å². The van der Waals surface area contributed by atoms with E-state index in [0.717, 1.165) is 5.56 Å². The van der Waals surface area contributed by atoms with Crippen LogP contribution < -0.4 is 5.32 Å². The van der Waals surface area contributed by atoms with Crippen LogP contribution >= 0.6 is 0 Å². The Morgan fingerprint density at radius 1 is 1.14 bits per heavy atom. The monoisotopic (exact) mass is 283 g/mol. The third kappa shape index (κ3) is 2.23. The molecule has 1 fully saturated rings. The van der Waals surface area contributed by atoms with Gasteiger partial charge in [0.1, 0.15) is 5.82 Å². The molecule has 1 aliphatic rings. The number of nitrogens with one attached hydrogen (secondary N) is 1. The standard InChI is InChI=1S/C18H18FNO/c1-2-18(14-10-6-7-11-15(14)19)12-16(21)20-17(18)13-8-4-3-5-9-13/h3-11,17H,2,12H2,1H3,(H,20,21). The summed E-state index contributed by atoms with van der Waals surface area (Å²) in [5.41, 5.74) is 1.12. The average molecular weight is 283 g/mol. The SMILES string of the molecule is CCC1(c2ccccc2F)CC(=O)NC1c1ccccc1. The maximum Gasteiger partial charge on any atom is 0.221 e. The van der Waals surface area contributed by atoms with Gasteiger partial charge in [-0.15, -0.1) is 0 Å². The number of hydrogen-bond acceptors (Lipinski definition) is 1. The predicted molar refractivity (Wildman–Crippen MR) is 80.3 cm³/mol. The zero-order valence-electron chi connectivity index (χ0n) is 12.0. The number of rotatable bonds is 3. The van der Waals surface area contributed by atoms with Gasteiger partial charge in [0.05, 0.1) is 6.04 Å². The Bertz CT molecular complexity index is 655. The predicted octanol–water partition coefficient (Wildman–Crippen LogP) is 3.73. The third-order valence-electron chi connectivity index (χ3n) is 4.51. The third-order valence-corrected chi connectivity index (χ3v) is 4.51. The summed E-state index contributed by atoms with van der Waals surface area (Å²) >= 11 is 0. The highest BCUT2D eigenvalue weighted by Gasteiger charge is 2.48. The second-order valence-electron chi connectivity index (χ2n) is 5.58. The largest absolute Gasteiger partial charge is 0.348 e. The highest BCUT2D eigenvalue weighted by molar-refractivity contribution is 5.82. The van der Waals surface area contributed by atoms with Crippen molar-refractivity contribution in [2.75, 3.05) is 0 Å². The first-order chi connectivity index (χ1) is 10.2. The van der Waals surface area contributed by atoms with Gasteiger partial charge < -0.3 is 5.32 Å². The van der Waals surface area contributed by atoms with Crippen molar-refractivity contribution in [1.82, 2.24) is 5.32 Å². The van der Waals surface area contributed by atoms with Crippen molar-refractivity contribution < 1.29 is 9.18 Å². The van der Waals surface area contributed by atoms with Gasteiger partial charge in [-0.05, 0) is 23.6 Å². The number of carbonyl (C=O) groups excluding carboxylic acids is 1. The molecule has 3 heteroatoms. The Hall–Kier alpha value is -2.16. The lowest BCUT2D eigenvalue weighted by atomic mass is 9.70. The lowest BCUT2D eigenvalue weighted by Gasteiger charge is -2.34. The van der Waals surface area contributed by atoms with Crippen LogP contribution in [0.1, 0.15) is 36.9 Å². The topological polar surface area (TPSA) is 29.1 Å². The minimum Gasteiger partial charge on any atom is -0.348 e. The van der Waals surface area contributed by atoms with E-state index in [1.165, 1.54) is 6.07 Å². The van der Waals surface area contributed by atoms with Gasteiger partial charge in [-0.25, -0.2) is 4.39 Å². The lowest BCUT2D eigenvalue weighted by molar-refractivity contribution is -0.119. The van der Waals surface area contributed by atoms with Crippen molar-refractivity contribution in [1.29, 1.82) is 0 Å². The van der Waals surface area contributed by atoms with E-state index in [2.05, 4.69) is 5.32 Å². The van der Waals surface area contributed by atoms with Gasteiger partial charge in [0.2, 0.25) is 5.91 Å². The van der Waals surface area contributed by atoms with Gasteiger partial charge in [-0.2, -0.15) is 0 Å². The van der Waals surface area contributed by atoms with Crippen LogP contribution in [-0.4, -0.2) is 5.91 Å². The van der Waals surface area contributed by atoms with E-state index in [1.54, 1.807) is 12.1 Å². The molecule has 0 saturated carbocycles. The molecule has 0 radical (unpaired) electrons. The molecule has 2 aromatic carbocycles. The van der Waals surface area contributed by atoms with Crippen molar-refractivity contribution in [3.63, 3.8) is 0 Å². The van der Waals surface area contributed by atoms with E-state index in [1.807, 2.05) is 43.3 Å². The van der Waals surface area contributed by atoms with Gasteiger partial charge in [-0.1, -0.05) is 55.5 Å². The minimum atomic E-state index is -0.524. The number of benzene rings is 2. The van der Waals surface area contributed by atoms with E-state index in [0.29, 0.717) is 18.4 Å². The van der Waals surface area contributed by atoms with Crippen LogP contribution in [0.3, 0.4) is 0 Å². The number of amides is 1. The molecule has 1 amide bonds. The molecule has 0 spiro atoms. The van der Waals surface area contributed by atoms with Gasteiger partial charge in [0.15, 0.2) is 0 Å². The van der Waals surface area contributed by atoms with Gasteiger partial charge in [0, 0.05) is 11.8 Å². The summed E-state index contributed by atoms with van der Waals surface area (Å²) < 4.78 is 14.4. The van der Waals surface area contributed by atoms with E-state index in [9.17, 15) is 9.18 Å². The summed E-state index contributed by atoms with van der Waals surface area (Å²) in [5.74, 6) is -0.259. The van der Waals surface area contributed by atoms with Crippen LogP contribution in [0, 0.1) is 5.82 Å². The quantitative estimate of drug-likeness (QED) is 0.913. The van der Waals surface area contributed by atoms with Crippen LogP contribution in [0.5, 0.6) is 0 Å². The molecule has 1 heterocycles. The molecule has 1 N–H and O–H groups in total. The molecule has 108 valence electrons. The zero-order valence-corrected chi connectivity index (χ0v) is 12.0. The molecule has 2 aromatic rings. The Morgan fingerprint density at radius 3 is 2.48 bits per heavy atom. The molecule has 0 aromatic heterocycles. The van der Waals surface area contributed by atoms with E-state index >= 15 is 0 Å². The molecule has 0 bridgehead atoms. The molecule has 0 aliphatic carbocycles. The lowest BCUT2D eigenvalue weighted by Crippen LogP contribution is -2.33. The van der Waals surface area contributed by atoms with Crippen molar-refractivity contribution in [2.24, 2.45) is 0 Å². The fourth-order valence-corrected chi connectivity index (χ4v) is 3.42. The number of halogens is 1. The Morgan fingerprint density at radius 2 is 1.81 bits per heavy atom. The first kappa shape index (κ1) is 13.8. The maximum atomic E-state index is 14.4. The molecule has 2 unspecified atom stereocenters. The minimum absolute atomic E-state index is 0.0195. The average Bonchev–Trinajstić information content (AvgIpc) is 2.86. The van der Waals surface area contributed by atoms with Gasteiger partial charge in [-0.3, -0.25) is 4.79 Å². The number of hydrogen-bond donors (Lipinski definition) is 1. The highest BCUT2D eigenvalue weighted by Crippen LogP contribution is 2.47. The maximum absolute atomic E-state index is 14.4. The molecular formula is C18H18FNO. The number of carbonyl (C=O) groups is 1. The second-order valence-corrected chi connectivity index (χ2v) is 5.58. The first-order valence-electron chi connectivity index (χ1n) is 7.26. The summed E-state index contributed by atoms with van der Waals surface area (Å²) in [6.07, 6.45) is 1.02. The van der Waals surface area contributed by atoms with Gasteiger partial charge >= 0.3 is 0 Å². The van der Waals surface area contributed by atoms with Crippen molar-refractivity contribution in [3.05, 3.63) is 71.5 Å². The smallest absolute Gasteiger partial charge is 0.221 e. The molecule has 1 aliphatic heterocycles. The van der Waals surface area contributed by atoms with E-state index < -0.39 is 5.41 Å².